The van der Waals surface area contributed by atoms with Crippen molar-refractivity contribution in [2.24, 2.45) is 11.8 Å². The number of likely N-dealkylation sites (tertiary alicyclic amines) is 2. The first-order chi connectivity index (χ1) is 10.2. The number of nitrogens with zero attached hydrogens (tertiary/aromatic N) is 2. The highest BCUT2D eigenvalue weighted by molar-refractivity contribution is 5.76. The molecule has 0 saturated carbocycles. The van der Waals surface area contributed by atoms with Gasteiger partial charge in [-0.3, -0.25) is 9.69 Å². The smallest absolute Gasteiger partial charge is 0.222 e. The van der Waals surface area contributed by atoms with E-state index in [0.717, 1.165) is 32.6 Å². The minimum absolute atomic E-state index is 0.398. The Morgan fingerprint density at radius 3 is 2.71 bits per heavy atom. The lowest BCUT2D eigenvalue weighted by molar-refractivity contribution is -0.131. The van der Waals surface area contributed by atoms with Crippen LogP contribution < -0.4 is 5.32 Å². The Balaban J connectivity index is 1.44. The molecule has 3 saturated heterocycles. The summed E-state index contributed by atoms with van der Waals surface area (Å²) in [7, 11) is 0. The van der Waals surface area contributed by atoms with E-state index in [2.05, 4.69) is 22.0 Å². The Morgan fingerprint density at radius 1 is 1.19 bits per heavy atom. The van der Waals surface area contributed by atoms with E-state index in [1.54, 1.807) is 0 Å². The van der Waals surface area contributed by atoms with Crippen LogP contribution >= 0.6 is 0 Å². The van der Waals surface area contributed by atoms with Crippen LogP contribution in [0.2, 0.25) is 0 Å². The number of nitrogens with one attached hydrogen (secondary N) is 1. The van der Waals surface area contributed by atoms with Gasteiger partial charge in [0.05, 0.1) is 0 Å². The SMILES string of the molecule is CC(CC(=O)N1CCC(N2CCCC2)C1)C1CCCNC1. The molecule has 3 aliphatic rings. The Bertz CT molecular complexity index is 348. The van der Waals surface area contributed by atoms with Crippen LogP contribution in [0, 0.1) is 11.8 Å². The van der Waals surface area contributed by atoms with E-state index in [1.807, 2.05) is 0 Å². The maximum Gasteiger partial charge on any atom is 0.222 e. The van der Waals surface area contributed by atoms with E-state index >= 15 is 0 Å². The second-order valence-corrected chi connectivity index (χ2v) is 7.31. The molecule has 3 heterocycles. The maximum atomic E-state index is 12.5. The Labute approximate surface area is 129 Å². The third kappa shape index (κ3) is 3.78. The van der Waals surface area contributed by atoms with Crippen molar-refractivity contribution < 1.29 is 4.79 Å². The van der Waals surface area contributed by atoms with Crippen molar-refractivity contribution in [3.8, 4) is 0 Å². The fraction of sp³-hybridized carbons (Fsp3) is 0.941. The van der Waals surface area contributed by atoms with Crippen molar-refractivity contribution in [1.29, 1.82) is 0 Å². The highest BCUT2D eigenvalue weighted by atomic mass is 16.2. The molecule has 0 aliphatic carbocycles. The van der Waals surface area contributed by atoms with E-state index in [9.17, 15) is 4.79 Å². The normalized spacial score (nSPS) is 32.5. The monoisotopic (exact) mass is 293 g/mol. The van der Waals surface area contributed by atoms with E-state index in [-0.39, 0.29) is 0 Å². The van der Waals surface area contributed by atoms with Crippen LogP contribution in [0.4, 0.5) is 0 Å². The predicted octanol–water partition coefficient (Wildman–Crippen LogP) is 1.71. The average molecular weight is 293 g/mol. The lowest BCUT2D eigenvalue weighted by Gasteiger charge is -2.29. The van der Waals surface area contributed by atoms with E-state index in [1.165, 1.54) is 45.2 Å². The fourth-order valence-corrected chi connectivity index (χ4v) is 4.31. The maximum absolute atomic E-state index is 12.5. The zero-order valence-corrected chi connectivity index (χ0v) is 13.5. The minimum Gasteiger partial charge on any atom is -0.341 e. The van der Waals surface area contributed by atoms with Gasteiger partial charge in [-0.1, -0.05) is 6.92 Å². The summed E-state index contributed by atoms with van der Waals surface area (Å²) in [5, 5.41) is 3.47. The van der Waals surface area contributed by atoms with Crippen LogP contribution in [0.1, 0.15) is 45.4 Å². The van der Waals surface area contributed by atoms with Crippen LogP contribution in [0.3, 0.4) is 0 Å². The topological polar surface area (TPSA) is 35.6 Å². The summed E-state index contributed by atoms with van der Waals surface area (Å²) in [5.74, 6) is 1.62. The third-order valence-corrected chi connectivity index (χ3v) is 5.81. The molecular weight excluding hydrogens is 262 g/mol. The summed E-state index contributed by atoms with van der Waals surface area (Å²) in [6.45, 7) is 8.98. The number of piperidine rings is 1. The van der Waals surface area contributed by atoms with Gasteiger partial charge < -0.3 is 10.2 Å². The average Bonchev–Trinajstić information content (AvgIpc) is 3.19. The summed E-state index contributed by atoms with van der Waals surface area (Å²) in [5.41, 5.74) is 0. The molecule has 1 amide bonds. The summed E-state index contributed by atoms with van der Waals surface area (Å²) in [6, 6.07) is 0.642. The first kappa shape index (κ1) is 15.3. The van der Waals surface area contributed by atoms with Crippen LogP contribution in [-0.2, 0) is 4.79 Å². The number of hydrogen-bond acceptors (Lipinski definition) is 3. The molecule has 0 bridgehead atoms. The number of carbonyl (C=O) groups is 1. The van der Waals surface area contributed by atoms with Crippen LogP contribution in [0.25, 0.3) is 0 Å². The van der Waals surface area contributed by atoms with Gasteiger partial charge in [0.15, 0.2) is 0 Å². The van der Waals surface area contributed by atoms with Gasteiger partial charge in [-0.2, -0.15) is 0 Å². The lowest BCUT2D eigenvalue weighted by Crippen LogP contribution is -2.39. The van der Waals surface area contributed by atoms with Crippen LogP contribution in [0.5, 0.6) is 0 Å². The molecule has 3 fully saturated rings. The van der Waals surface area contributed by atoms with Gasteiger partial charge in [-0.25, -0.2) is 0 Å². The molecule has 3 unspecified atom stereocenters. The largest absolute Gasteiger partial charge is 0.341 e. The second-order valence-electron chi connectivity index (χ2n) is 7.31. The number of carbonyl (C=O) groups excluding carboxylic acids is 1. The Kier molecular flexibility index (Phi) is 5.17. The Hall–Kier alpha value is -0.610. The van der Waals surface area contributed by atoms with Gasteiger partial charge >= 0.3 is 0 Å². The van der Waals surface area contributed by atoms with Crippen molar-refractivity contribution in [2.75, 3.05) is 39.3 Å². The van der Waals surface area contributed by atoms with E-state index in [0.29, 0.717) is 23.8 Å². The Morgan fingerprint density at radius 2 is 2.00 bits per heavy atom. The van der Waals surface area contributed by atoms with E-state index < -0.39 is 0 Å². The van der Waals surface area contributed by atoms with Crippen molar-refractivity contribution in [3.05, 3.63) is 0 Å². The van der Waals surface area contributed by atoms with Gasteiger partial charge in [-0.05, 0) is 70.1 Å². The molecule has 0 aromatic heterocycles. The molecule has 120 valence electrons. The van der Waals surface area contributed by atoms with Crippen LogP contribution in [-0.4, -0.2) is 61.0 Å². The van der Waals surface area contributed by atoms with Gasteiger partial charge in [0.2, 0.25) is 5.91 Å². The lowest BCUT2D eigenvalue weighted by atomic mass is 9.85. The predicted molar refractivity (Wildman–Crippen MR) is 85.2 cm³/mol. The highest BCUT2D eigenvalue weighted by Gasteiger charge is 2.32. The summed E-state index contributed by atoms with van der Waals surface area (Å²) >= 11 is 0. The zero-order valence-electron chi connectivity index (χ0n) is 13.5. The molecule has 4 heteroatoms. The molecule has 3 aliphatic heterocycles. The second kappa shape index (κ2) is 7.10. The van der Waals surface area contributed by atoms with Gasteiger partial charge in [-0.15, -0.1) is 0 Å². The van der Waals surface area contributed by atoms with Crippen LogP contribution in [0.15, 0.2) is 0 Å². The van der Waals surface area contributed by atoms with Gasteiger partial charge in [0, 0.05) is 25.6 Å². The molecule has 0 aromatic carbocycles. The minimum atomic E-state index is 0.398. The highest BCUT2D eigenvalue weighted by Crippen LogP contribution is 2.25. The van der Waals surface area contributed by atoms with E-state index in [4.69, 9.17) is 0 Å². The van der Waals surface area contributed by atoms with Gasteiger partial charge in [0.25, 0.3) is 0 Å². The third-order valence-electron chi connectivity index (χ3n) is 5.81. The van der Waals surface area contributed by atoms with Gasteiger partial charge in [0.1, 0.15) is 0 Å². The zero-order chi connectivity index (χ0) is 14.7. The van der Waals surface area contributed by atoms with Crippen molar-refractivity contribution in [3.63, 3.8) is 0 Å². The molecule has 0 radical (unpaired) electrons. The molecule has 0 spiro atoms. The molecule has 4 nitrogen and oxygen atoms in total. The summed E-state index contributed by atoms with van der Waals surface area (Å²) < 4.78 is 0. The quantitative estimate of drug-likeness (QED) is 0.857. The summed E-state index contributed by atoms with van der Waals surface area (Å²) in [6.07, 6.45) is 7.18. The van der Waals surface area contributed by atoms with Crippen molar-refractivity contribution in [2.45, 2.75) is 51.5 Å². The molecule has 1 N–H and O–H groups in total. The molecule has 21 heavy (non-hydrogen) atoms. The first-order valence-corrected chi connectivity index (χ1v) is 8.96. The molecule has 3 rings (SSSR count). The van der Waals surface area contributed by atoms with Crippen molar-refractivity contribution in [1.82, 2.24) is 15.1 Å². The molecule has 3 atom stereocenters. The number of amides is 1. The number of rotatable bonds is 4. The molecular formula is C17H31N3O. The molecule has 0 aromatic rings. The fourth-order valence-electron chi connectivity index (χ4n) is 4.31. The van der Waals surface area contributed by atoms with Crippen molar-refractivity contribution >= 4 is 5.91 Å². The standard InChI is InChI=1S/C17H31N3O/c1-14(15-5-4-7-18-12-15)11-17(21)20-10-6-16(13-20)19-8-2-3-9-19/h14-16,18H,2-13H2,1H3. The number of hydrogen-bond donors (Lipinski definition) is 1. The summed E-state index contributed by atoms with van der Waals surface area (Å²) in [4.78, 5) is 17.3. The first-order valence-electron chi connectivity index (χ1n) is 8.96.